The first-order valence-electron chi connectivity index (χ1n) is 6.14. The Morgan fingerprint density at radius 2 is 2.00 bits per heavy atom. The largest absolute Gasteiger partial charge is 0.466 e. The van der Waals surface area contributed by atoms with E-state index in [1.54, 1.807) is 17.0 Å². The van der Waals surface area contributed by atoms with Crippen LogP contribution in [-0.2, 0) is 9.53 Å². The first-order chi connectivity index (χ1) is 9.45. The molecule has 0 bridgehead atoms. The van der Waals surface area contributed by atoms with Crippen LogP contribution < -0.4 is 11.1 Å². The van der Waals surface area contributed by atoms with Crippen LogP contribution in [0.3, 0.4) is 0 Å². The normalized spacial score (nSPS) is 18.9. The fourth-order valence-corrected chi connectivity index (χ4v) is 2.40. The molecule has 0 aromatic heterocycles. The van der Waals surface area contributed by atoms with E-state index >= 15 is 0 Å². The number of methoxy groups -OCH3 is 1. The quantitative estimate of drug-likeness (QED) is 0.490. The van der Waals surface area contributed by atoms with Crippen LogP contribution in [0.5, 0.6) is 0 Å². The van der Waals surface area contributed by atoms with Gasteiger partial charge in [-0.1, -0.05) is 12.1 Å². The lowest BCUT2D eigenvalue weighted by Crippen LogP contribution is -2.46. The number of hydrogen-bond acceptors (Lipinski definition) is 4. The Morgan fingerprint density at radius 3 is 2.55 bits per heavy atom. The Morgan fingerprint density at radius 1 is 1.40 bits per heavy atom. The maximum absolute atomic E-state index is 12.1. The molecule has 1 aliphatic heterocycles. The number of nitrogens with one attached hydrogen (secondary N) is 1. The molecule has 5 nitrogen and oxygen atoms in total. The van der Waals surface area contributed by atoms with E-state index in [1.807, 2.05) is 26.1 Å². The zero-order valence-electron chi connectivity index (χ0n) is 11.6. The lowest BCUT2D eigenvalue weighted by molar-refractivity contribution is -0.136. The molecule has 1 aliphatic rings. The SMILES string of the molecule is COC(=O)C1=C(C)N(C)C(=S)N[C@H]1c1ccc(N)cc1. The molecule has 106 valence electrons. The molecule has 2 rings (SSSR count). The number of nitrogen functional groups attached to an aromatic ring is 1. The summed E-state index contributed by atoms with van der Waals surface area (Å²) in [5.41, 5.74) is 8.61. The van der Waals surface area contributed by atoms with E-state index in [9.17, 15) is 4.79 Å². The van der Waals surface area contributed by atoms with Crippen LogP contribution in [0.4, 0.5) is 5.69 Å². The van der Waals surface area contributed by atoms with Crippen molar-refractivity contribution in [2.75, 3.05) is 19.9 Å². The fraction of sp³-hybridized carbons (Fsp3) is 0.286. The monoisotopic (exact) mass is 291 g/mol. The van der Waals surface area contributed by atoms with Gasteiger partial charge in [-0.05, 0) is 36.8 Å². The fourth-order valence-electron chi connectivity index (χ4n) is 2.15. The summed E-state index contributed by atoms with van der Waals surface area (Å²) >= 11 is 5.29. The molecule has 6 heteroatoms. The second-order valence-corrected chi connectivity index (χ2v) is 4.99. The van der Waals surface area contributed by atoms with Gasteiger partial charge in [0, 0.05) is 18.4 Å². The van der Waals surface area contributed by atoms with Crippen molar-refractivity contribution in [3.63, 3.8) is 0 Å². The molecule has 0 aliphatic carbocycles. The molecule has 0 fully saturated rings. The molecular weight excluding hydrogens is 274 g/mol. The number of anilines is 1. The van der Waals surface area contributed by atoms with Gasteiger partial charge in [-0.2, -0.15) is 0 Å². The first-order valence-corrected chi connectivity index (χ1v) is 6.55. The minimum absolute atomic E-state index is 0.327. The van der Waals surface area contributed by atoms with E-state index in [1.165, 1.54) is 7.11 Å². The van der Waals surface area contributed by atoms with Crippen molar-refractivity contribution in [3.05, 3.63) is 41.1 Å². The summed E-state index contributed by atoms with van der Waals surface area (Å²) in [5.74, 6) is -0.369. The van der Waals surface area contributed by atoms with E-state index in [0.717, 1.165) is 11.3 Å². The summed E-state index contributed by atoms with van der Waals surface area (Å²) in [5, 5.41) is 3.72. The number of benzene rings is 1. The Hall–Kier alpha value is -2.08. The van der Waals surface area contributed by atoms with Crippen molar-refractivity contribution in [1.82, 2.24) is 10.2 Å². The van der Waals surface area contributed by atoms with Crippen LogP contribution in [-0.4, -0.2) is 30.1 Å². The summed E-state index contributed by atoms with van der Waals surface area (Å²) in [6, 6.07) is 7.01. The van der Waals surface area contributed by atoms with Crippen molar-refractivity contribution >= 4 is 29.0 Å². The van der Waals surface area contributed by atoms with Gasteiger partial charge >= 0.3 is 5.97 Å². The Balaban J connectivity index is 2.51. The van der Waals surface area contributed by atoms with Gasteiger partial charge in [0.1, 0.15) is 0 Å². The molecule has 0 radical (unpaired) electrons. The number of nitrogens with zero attached hydrogens (tertiary/aromatic N) is 1. The van der Waals surface area contributed by atoms with Crippen molar-refractivity contribution in [1.29, 1.82) is 0 Å². The number of thiocarbonyl (C=S) groups is 1. The molecule has 0 saturated heterocycles. The Kier molecular flexibility index (Phi) is 3.94. The highest BCUT2D eigenvalue weighted by Gasteiger charge is 2.32. The standard InChI is InChI=1S/C14H17N3O2S/c1-8-11(13(18)19-3)12(16-14(20)17(8)2)9-4-6-10(15)7-5-9/h4-7,12H,15H2,1-3H3,(H,16,20)/t12-/m0/s1. The summed E-state index contributed by atoms with van der Waals surface area (Å²) in [6.45, 7) is 1.85. The molecule has 1 aromatic rings. The molecule has 3 N–H and O–H groups in total. The van der Waals surface area contributed by atoms with Crippen LogP contribution in [0.2, 0.25) is 0 Å². The average molecular weight is 291 g/mol. The van der Waals surface area contributed by atoms with Gasteiger partial charge < -0.3 is 20.7 Å². The van der Waals surface area contributed by atoms with Gasteiger partial charge in [-0.15, -0.1) is 0 Å². The maximum atomic E-state index is 12.1. The third-order valence-corrected chi connectivity index (χ3v) is 3.82. The molecule has 1 heterocycles. The van der Waals surface area contributed by atoms with Gasteiger partial charge in [0.2, 0.25) is 0 Å². The lowest BCUT2D eigenvalue weighted by Gasteiger charge is -2.35. The Labute approximate surface area is 123 Å². The predicted octanol–water partition coefficient (Wildman–Crippen LogP) is 1.58. The number of nitrogens with two attached hydrogens (primary N) is 1. The van der Waals surface area contributed by atoms with Gasteiger partial charge in [-0.25, -0.2) is 4.79 Å². The highest BCUT2D eigenvalue weighted by molar-refractivity contribution is 7.80. The number of ether oxygens (including phenoxy) is 1. The van der Waals surface area contributed by atoms with Crippen molar-refractivity contribution in [2.24, 2.45) is 0 Å². The van der Waals surface area contributed by atoms with E-state index in [4.69, 9.17) is 22.7 Å². The highest BCUT2D eigenvalue weighted by atomic mass is 32.1. The van der Waals surface area contributed by atoms with E-state index in [0.29, 0.717) is 16.4 Å². The third-order valence-electron chi connectivity index (χ3n) is 3.43. The molecule has 0 amide bonds. The number of carbonyl (C=O) groups excluding carboxylic acids is 1. The molecule has 0 unspecified atom stereocenters. The second-order valence-electron chi connectivity index (χ2n) is 4.60. The number of allylic oxidation sites excluding steroid dienone is 1. The molecule has 1 atom stereocenters. The van der Waals surface area contributed by atoms with Crippen molar-refractivity contribution < 1.29 is 9.53 Å². The smallest absolute Gasteiger partial charge is 0.337 e. The summed E-state index contributed by atoms with van der Waals surface area (Å²) in [4.78, 5) is 13.8. The van der Waals surface area contributed by atoms with E-state index in [2.05, 4.69) is 5.32 Å². The minimum Gasteiger partial charge on any atom is -0.466 e. The number of carbonyl (C=O) groups is 1. The summed E-state index contributed by atoms with van der Waals surface area (Å²) in [6.07, 6.45) is 0. The topological polar surface area (TPSA) is 67.6 Å². The van der Waals surface area contributed by atoms with Crippen LogP contribution in [0.25, 0.3) is 0 Å². The van der Waals surface area contributed by atoms with Crippen LogP contribution in [0, 0.1) is 0 Å². The highest BCUT2D eigenvalue weighted by Crippen LogP contribution is 2.30. The third kappa shape index (κ3) is 2.46. The minimum atomic E-state index is -0.369. The molecule has 0 saturated carbocycles. The average Bonchev–Trinajstić information content (AvgIpc) is 2.44. The van der Waals surface area contributed by atoms with E-state index in [-0.39, 0.29) is 12.0 Å². The Bertz CT molecular complexity index is 581. The molecular formula is C14H17N3O2S. The zero-order chi connectivity index (χ0) is 14.9. The van der Waals surface area contributed by atoms with Crippen molar-refractivity contribution in [3.8, 4) is 0 Å². The van der Waals surface area contributed by atoms with Crippen LogP contribution in [0.15, 0.2) is 35.5 Å². The van der Waals surface area contributed by atoms with Gasteiger partial charge in [-0.3, -0.25) is 0 Å². The number of esters is 1. The number of hydrogen-bond donors (Lipinski definition) is 2. The molecule has 0 spiro atoms. The second kappa shape index (κ2) is 5.50. The van der Waals surface area contributed by atoms with Crippen LogP contribution >= 0.6 is 12.2 Å². The van der Waals surface area contributed by atoms with Gasteiger partial charge in [0.25, 0.3) is 0 Å². The zero-order valence-corrected chi connectivity index (χ0v) is 12.5. The number of rotatable bonds is 2. The first kappa shape index (κ1) is 14.3. The molecule has 1 aromatic carbocycles. The van der Waals surface area contributed by atoms with E-state index < -0.39 is 0 Å². The van der Waals surface area contributed by atoms with Crippen LogP contribution in [0.1, 0.15) is 18.5 Å². The van der Waals surface area contributed by atoms with Gasteiger partial charge in [0.15, 0.2) is 5.11 Å². The predicted molar refractivity (Wildman–Crippen MR) is 81.8 cm³/mol. The summed E-state index contributed by atoms with van der Waals surface area (Å²) in [7, 11) is 3.18. The molecule has 20 heavy (non-hydrogen) atoms. The lowest BCUT2D eigenvalue weighted by atomic mass is 9.95. The summed E-state index contributed by atoms with van der Waals surface area (Å²) < 4.78 is 4.89. The van der Waals surface area contributed by atoms with Crippen molar-refractivity contribution in [2.45, 2.75) is 13.0 Å². The van der Waals surface area contributed by atoms with Gasteiger partial charge in [0.05, 0.1) is 18.7 Å². The maximum Gasteiger partial charge on any atom is 0.337 e.